The number of carboxylic acid groups (broad SMARTS) is 1. The van der Waals surface area contributed by atoms with Crippen molar-refractivity contribution >= 4 is 12.3 Å². The van der Waals surface area contributed by atoms with E-state index in [1.165, 1.54) is 12.1 Å². The maximum absolute atomic E-state index is 12.7. The second-order valence-corrected chi connectivity index (χ2v) is 2.54. The Bertz CT molecular complexity index is 347. The summed E-state index contributed by atoms with van der Waals surface area (Å²) in [5, 5.41) is 8.42. The van der Waals surface area contributed by atoms with Crippen LogP contribution in [-0.4, -0.2) is 17.4 Å². The SMILES string of the molecule is O=Cc1cc(CC(=O)O)ccc1F. The smallest absolute Gasteiger partial charge is 0.307 e. The van der Waals surface area contributed by atoms with E-state index < -0.39 is 11.8 Å². The van der Waals surface area contributed by atoms with Crippen molar-refractivity contribution in [3.63, 3.8) is 0 Å². The maximum Gasteiger partial charge on any atom is 0.307 e. The van der Waals surface area contributed by atoms with E-state index in [2.05, 4.69) is 0 Å². The van der Waals surface area contributed by atoms with E-state index >= 15 is 0 Å². The number of rotatable bonds is 3. The molecule has 0 atom stereocenters. The Hall–Kier alpha value is -1.71. The van der Waals surface area contributed by atoms with Crippen molar-refractivity contribution in [2.75, 3.05) is 0 Å². The van der Waals surface area contributed by atoms with Crippen LogP contribution in [0.3, 0.4) is 0 Å². The first-order valence-corrected chi connectivity index (χ1v) is 3.59. The van der Waals surface area contributed by atoms with Gasteiger partial charge in [0, 0.05) is 0 Å². The molecular weight excluding hydrogens is 175 g/mol. The van der Waals surface area contributed by atoms with Crippen LogP contribution >= 0.6 is 0 Å². The number of carboxylic acids is 1. The highest BCUT2D eigenvalue weighted by molar-refractivity contribution is 5.77. The molecule has 0 bridgehead atoms. The Morgan fingerprint density at radius 1 is 1.54 bits per heavy atom. The van der Waals surface area contributed by atoms with Crippen LogP contribution in [-0.2, 0) is 11.2 Å². The molecule has 0 aromatic heterocycles. The number of carbonyl (C=O) groups excluding carboxylic acids is 1. The molecule has 0 amide bonds. The summed E-state index contributed by atoms with van der Waals surface area (Å²) in [4.78, 5) is 20.5. The zero-order valence-corrected chi connectivity index (χ0v) is 6.66. The Morgan fingerprint density at radius 2 is 2.23 bits per heavy atom. The van der Waals surface area contributed by atoms with E-state index in [0.29, 0.717) is 11.8 Å². The molecule has 0 saturated carbocycles. The molecule has 0 aliphatic rings. The van der Waals surface area contributed by atoms with E-state index in [0.717, 1.165) is 6.07 Å². The summed E-state index contributed by atoms with van der Waals surface area (Å²) in [5.41, 5.74) is 0.301. The largest absolute Gasteiger partial charge is 0.481 e. The first-order chi connectivity index (χ1) is 6.13. The number of benzene rings is 1. The van der Waals surface area contributed by atoms with Crippen LogP contribution in [0.25, 0.3) is 0 Å². The van der Waals surface area contributed by atoms with Gasteiger partial charge in [-0.2, -0.15) is 0 Å². The van der Waals surface area contributed by atoms with E-state index in [4.69, 9.17) is 5.11 Å². The number of aliphatic carboxylic acids is 1. The fourth-order valence-electron chi connectivity index (χ4n) is 0.968. The maximum atomic E-state index is 12.7. The van der Waals surface area contributed by atoms with Gasteiger partial charge >= 0.3 is 5.97 Å². The molecule has 0 fully saturated rings. The lowest BCUT2D eigenvalue weighted by Gasteiger charge is -1.98. The molecule has 3 nitrogen and oxygen atoms in total. The lowest BCUT2D eigenvalue weighted by atomic mass is 10.1. The van der Waals surface area contributed by atoms with Crippen molar-refractivity contribution in [3.8, 4) is 0 Å². The zero-order chi connectivity index (χ0) is 9.84. The van der Waals surface area contributed by atoms with E-state index in [1.807, 2.05) is 0 Å². The normalized spacial score (nSPS) is 9.62. The first kappa shape index (κ1) is 9.38. The van der Waals surface area contributed by atoms with Gasteiger partial charge in [0.1, 0.15) is 5.82 Å². The highest BCUT2D eigenvalue weighted by atomic mass is 19.1. The van der Waals surface area contributed by atoms with Crippen molar-refractivity contribution in [1.29, 1.82) is 0 Å². The molecule has 13 heavy (non-hydrogen) atoms. The summed E-state index contributed by atoms with van der Waals surface area (Å²) < 4.78 is 12.7. The highest BCUT2D eigenvalue weighted by Crippen LogP contribution is 2.08. The number of aldehydes is 1. The minimum atomic E-state index is -1.01. The predicted octanol–water partition coefficient (Wildman–Crippen LogP) is 1.27. The lowest BCUT2D eigenvalue weighted by molar-refractivity contribution is -0.136. The van der Waals surface area contributed by atoms with Crippen LogP contribution in [0.2, 0.25) is 0 Å². The van der Waals surface area contributed by atoms with Crippen LogP contribution in [0.1, 0.15) is 15.9 Å². The van der Waals surface area contributed by atoms with Gasteiger partial charge in [0.25, 0.3) is 0 Å². The molecule has 0 unspecified atom stereocenters. The molecule has 1 aromatic carbocycles. The van der Waals surface area contributed by atoms with Gasteiger partial charge in [-0.05, 0) is 17.7 Å². The number of hydrogen-bond acceptors (Lipinski definition) is 2. The van der Waals surface area contributed by atoms with Crippen LogP contribution in [0, 0.1) is 5.82 Å². The monoisotopic (exact) mass is 182 g/mol. The van der Waals surface area contributed by atoms with Crippen LogP contribution in [0.5, 0.6) is 0 Å². The number of carbonyl (C=O) groups is 2. The van der Waals surface area contributed by atoms with Gasteiger partial charge < -0.3 is 5.11 Å². The van der Waals surface area contributed by atoms with Crippen molar-refractivity contribution in [2.45, 2.75) is 6.42 Å². The van der Waals surface area contributed by atoms with Gasteiger partial charge in [0.05, 0.1) is 12.0 Å². The summed E-state index contributed by atoms with van der Waals surface area (Å²) in [6.07, 6.45) is 0.155. The van der Waals surface area contributed by atoms with Crippen molar-refractivity contribution in [2.24, 2.45) is 0 Å². The van der Waals surface area contributed by atoms with Gasteiger partial charge in [-0.15, -0.1) is 0 Å². The third kappa shape index (κ3) is 2.37. The molecule has 0 heterocycles. The first-order valence-electron chi connectivity index (χ1n) is 3.59. The molecule has 4 heteroatoms. The predicted molar refractivity (Wildman–Crippen MR) is 43.1 cm³/mol. The standard InChI is InChI=1S/C9H7FO3/c10-8-2-1-6(4-9(12)13)3-7(8)5-11/h1-3,5H,4H2,(H,12,13). The van der Waals surface area contributed by atoms with Gasteiger partial charge in [-0.3, -0.25) is 9.59 Å². The second kappa shape index (κ2) is 3.80. The van der Waals surface area contributed by atoms with Crippen LogP contribution in [0.4, 0.5) is 4.39 Å². The average Bonchev–Trinajstić information content (AvgIpc) is 2.07. The minimum Gasteiger partial charge on any atom is -0.481 e. The molecule has 1 N–H and O–H groups in total. The lowest BCUT2D eigenvalue weighted by Crippen LogP contribution is -2.01. The van der Waals surface area contributed by atoms with Gasteiger partial charge in [-0.25, -0.2) is 4.39 Å². The van der Waals surface area contributed by atoms with Crippen LogP contribution in [0.15, 0.2) is 18.2 Å². The zero-order valence-electron chi connectivity index (χ0n) is 6.66. The van der Waals surface area contributed by atoms with Crippen molar-refractivity contribution in [1.82, 2.24) is 0 Å². The molecule has 68 valence electrons. The van der Waals surface area contributed by atoms with Gasteiger partial charge in [-0.1, -0.05) is 6.07 Å². The molecule has 0 aliphatic carbocycles. The van der Waals surface area contributed by atoms with Crippen molar-refractivity contribution < 1.29 is 19.1 Å². The Kier molecular flexibility index (Phi) is 2.74. The molecule has 0 aliphatic heterocycles. The fourth-order valence-corrected chi connectivity index (χ4v) is 0.968. The quantitative estimate of drug-likeness (QED) is 0.716. The summed E-state index contributed by atoms with van der Waals surface area (Å²) >= 11 is 0. The highest BCUT2D eigenvalue weighted by Gasteiger charge is 2.04. The fraction of sp³-hybridized carbons (Fsp3) is 0.111. The minimum absolute atomic E-state index is 0.112. The number of halogens is 1. The summed E-state index contributed by atoms with van der Waals surface area (Å²) in [6.45, 7) is 0. The summed E-state index contributed by atoms with van der Waals surface area (Å²) in [7, 11) is 0. The molecular formula is C9H7FO3. The Balaban J connectivity index is 2.99. The van der Waals surface area contributed by atoms with Gasteiger partial charge in [0.15, 0.2) is 6.29 Å². The Morgan fingerprint density at radius 3 is 2.77 bits per heavy atom. The average molecular weight is 182 g/mol. The molecule has 0 saturated heterocycles. The molecule has 1 rings (SSSR count). The third-order valence-electron chi connectivity index (χ3n) is 1.54. The van der Waals surface area contributed by atoms with E-state index in [-0.39, 0.29) is 12.0 Å². The van der Waals surface area contributed by atoms with Crippen molar-refractivity contribution in [3.05, 3.63) is 35.1 Å². The number of hydrogen-bond donors (Lipinski definition) is 1. The van der Waals surface area contributed by atoms with Crippen LogP contribution < -0.4 is 0 Å². The third-order valence-corrected chi connectivity index (χ3v) is 1.54. The molecule has 0 radical (unpaired) electrons. The topological polar surface area (TPSA) is 54.4 Å². The second-order valence-electron chi connectivity index (χ2n) is 2.54. The van der Waals surface area contributed by atoms with E-state index in [1.54, 1.807) is 0 Å². The van der Waals surface area contributed by atoms with Gasteiger partial charge in [0.2, 0.25) is 0 Å². The molecule has 1 aromatic rings. The Labute approximate surface area is 73.8 Å². The summed E-state index contributed by atoms with van der Waals surface area (Å²) in [5.74, 6) is -1.65. The summed E-state index contributed by atoms with van der Waals surface area (Å²) in [6, 6.07) is 3.66. The molecule has 0 spiro atoms. The van der Waals surface area contributed by atoms with E-state index in [9.17, 15) is 14.0 Å².